The fourth-order valence-electron chi connectivity index (χ4n) is 3.89. The van der Waals surface area contributed by atoms with Gasteiger partial charge in [-0.25, -0.2) is 4.79 Å². The van der Waals surface area contributed by atoms with Crippen LogP contribution in [0.3, 0.4) is 0 Å². The molecule has 0 fully saturated rings. The second-order valence-corrected chi connectivity index (χ2v) is 7.73. The molecule has 33 heavy (non-hydrogen) atoms. The van der Waals surface area contributed by atoms with Crippen molar-refractivity contribution in [3.63, 3.8) is 0 Å². The number of hydrogen-bond donors (Lipinski definition) is 3. The molecule has 1 aliphatic rings. The van der Waals surface area contributed by atoms with E-state index in [9.17, 15) is 14.4 Å². The quantitative estimate of drug-likeness (QED) is 0.596. The van der Waals surface area contributed by atoms with E-state index in [2.05, 4.69) is 16.0 Å². The zero-order valence-electron chi connectivity index (χ0n) is 19.4. The third-order valence-electron chi connectivity index (χ3n) is 5.66. The molecule has 4 bridgehead atoms. The van der Waals surface area contributed by atoms with E-state index in [1.807, 2.05) is 18.2 Å². The summed E-state index contributed by atoms with van der Waals surface area (Å²) in [5, 5.41) is 8.39. The number of nitrogens with one attached hydrogen (secondary N) is 3. The first-order chi connectivity index (χ1) is 15.8. The molecule has 0 spiro atoms. The molecule has 0 saturated carbocycles. The van der Waals surface area contributed by atoms with Gasteiger partial charge in [-0.2, -0.15) is 0 Å². The number of rotatable bonds is 4. The Morgan fingerprint density at radius 1 is 0.939 bits per heavy atom. The maximum absolute atomic E-state index is 13.0. The van der Waals surface area contributed by atoms with Crippen molar-refractivity contribution in [2.75, 3.05) is 28.4 Å². The first kappa shape index (κ1) is 24.1. The number of hydrogen-bond acceptors (Lipinski definition) is 7. The van der Waals surface area contributed by atoms with Crippen molar-refractivity contribution in [2.45, 2.75) is 31.5 Å². The van der Waals surface area contributed by atoms with Crippen LogP contribution in [0.1, 0.15) is 24.1 Å². The number of benzene rings is 2. The maximum atomic E-state index is 13.0. The predicted molar refractivity (Wildman–Crippen MR) is 122 cm³/mol. The van der Waals surface area contributed by atoms with Gasteiger partial charge in [0.15, 0.2) is 0 Å². The van der Waals surface area contributed by atoms with Crippen molar-refractivity contribution in [3.8, 4) is 22.6 Å². The largest absolute Gasteiger partial charge is 0.496 e. The second-order valence-electron chi connectivity index (χ2n) is 7.73. The van der Waals surface area contributed by atoms with Gasteiger partial charge >= 0.3 is 5.97 Å². The Labute approximate surface area is 192 Å². The smallest absolute Gasteiger partial charge is 0.328 e. The highest BCUT2D eigenvalue weighted by atomic mass is 16.5. The molecule has 3 rings (SSSR count). The highest BCUT2D eigenvalue weighted by molar-refractivity contribution is 5.92. The monoisotopic (exact) mass is 455 g/mol. The number of carbonyl (C=O) groups excluding carboxylic acids is 3. The van der Waals surface area contributed by atoms with Crippen LogP contribution in [-0.4, -0.2) is 58.2 Å². The number of methoxy groups -OCH3 is 3. The van der Waals surface area contributed by atoms with Crippen molar-refractivity contribution in [3.05, 3.63) is 47.5 Å². The van der Waals surface area contributed by atoms with Crippen LogP contribution < -0.4 is 25.4 Å². The average Bonchev–Trinajstić information content (AvgIpc) is 2.82. The molecule has 3 atom stereocenters. The van der Waals surface area contributed by atoms with Gasteiger partial charge < -0.3 is 30.2 Å². The van der Waals surface area contributed by atoms with Crippen LogP contribution in [0, 0.1) is 0 Å². The summed E-state index contributed by atoms with van der Waals surface area (Å²) in [6.45, 7) is 1.56. The van der Waals surface area contributed by atoms with Crippen molar-refractivity contribution >= 4 is 17.8 Å². The molecule has 9 heteroatoms. The lowest BCUT2D eigenvalue weighted by Crippen LogP contribution is -2.52. The lowest BCUT2D eigenvalue weighted by atomic mass is 9.94. The number of amides is 2. The maximum Gasteiger partial charge on any atom is 0.328 e. The summed E-state index contributed by atoms with van der Waals surface area (Å²) in [6, 6.07) is 8.42. The van der Waals surface area contributed by atoms with Gasteiger partial charge in [0.1, 0.15) is 29.6 Å². The Hall–Kier alpha value is -3.59. The predicted octanol–water partition coefficient (Wildman–Crippen LogP) is 1.35. The van der Waals surface area contributed by atoms with Crippen LogP contribution in [0.2, 0.25) is 0 Å². The minimum Gasteiger partial charge on any atom is -0.496 e. The van der Waals surface area contributed by atoms with Gasteiger partial charge in [-0.05, 0) is 49.4 Å². The fraction of sp³-hybridized carbons (Fsp3) is 0.375. The van der Waals surface area contributed by atoms with Crippen LogP contribution in [0.15, 0.2) is 36.4 Å². The minimum absolute atomic E-state index is 0.192. The summed E-state index contributed by atoms with van der Waals surface area (Å²) in [6.07, 6.45) is 0.192. The molecule has 0 unspecified atom stereocenters. The molecule has 0 radical (unpaired) electrons. The Kier molecular flexibility index (Phi) is 7.55. The summed E-state index contributed by atoms with van der Waals surface area (Å²) in [5.41, 5.74) is 2.93. The van der Waals surface area contributed by atoms with Crippen molar-refractivity contribution in [1.82, 2.24) is 16.0 Å². The molecule has 0 aromatic heterocycles. The van der Waals surface area contributed by atoms with Gasteiger partial charge in [-0.1, -0.05) is 12.1 Å². The summed E-state index contributed by atoms with van der Waals surface area (Å²) in [4.78, 5) is 38.2. The van der Waals surface area contributed by atoms with Gasteiger partial charge in [0.2, 0.25) is 11.8 Å². The zero-order valence-corrected chi connectivity index (χ0v) is 19.4. The molecule has 1 aliphatic heterocycles. The zero-order chi connectivity index (χ0) is 24.1. The van der Waals surface area contributed by atoms with E-state index in [1.165, 1.54) is 7.11 Å². The number of carbonyl (C=O) groups is 3. The Balaban J connectivity index is 2.23. The van der Waals surface area contributed by atoms with Gasteiger partial charge in [-0.15, -0.1) is 0 Å². The average molecular weight is 456 g/mol. The van der Waals surface area contributed by atoms with Gasteiger partial charge in [0.05, 0.1) is 21.3 Å². The fourth-order valence-corrected chi connectivity index (χ4v) is 3.89. The van der Waals surface area contributed by atoms with Crippen LogP contribution >= 0.6 is 0 Å². The van der Waals surface area contributed by atoms with Crippen LogP contribution in [-0.2, 0) is 25.5 Å². The summed E-state index contributed by atoms with van der Waals surface area (Å²) >= 11 is 0. The van der Waals surface area contributed by atoms with Gasteiger partial charge in [0.25, 0.3) is 0 Å². The number of likely N-dealkylation sites (N-methyl/N-ethyl adjacent to an activating group) is 1. The minimum atomic E-state index is -0.931. The molecule has 9 nitrogen and oxygen atoms in total. The van der Waals surface area contributed by atoms with Gasteiger partial charge in [-0.3, -0.25) is 9.59 Å². The Morgan fingerprint density at radius 2 is 1.58 bits per heavy atom. The van der Waals surface area contributed by atoms with E-state index in [1.54, 1.807) is 46.4 Å². The summed E-state index contributed by atoms with van der Waals surface area (Å²) in [7, 11) is 6.06. The number of esters is 1. The SMILES string of the molecule is CN[C@@H]1C(=O)N[C@@H](C)C(=O)N[C@H](C(=O)OC)Cc2ccc(OC)c(c2)-c2cc1ccc2OC. The highest BCUT2D eigenvalue weighted by Crippen LogP contribution is 2.39. The number of fused-ring (bicyclic) bond motifs is 5. The van der Waals surface area contributed by atoms with Crippen molar-refractivity contribution in [2.24, 2.45) is 0 Å². The van der Waals surface area contributed by atoms with Gasteiger partial charge in [0, 0.05) is 17.5 Å². The molecule has 0 saturated heterocycles. The molecule has 2 aromatic rings. The van der Waals surface area contributed by atoms with E-state index in [4.69, 9.17) is 14.2 Å². The van der Waals surface area contributed by atoms with Crippen molar-refractivity contribution < 1.29 is 28.6 Å². The highest BCUT2D eigenvalue weighted by Gasteiger charge is 2.29. The van der Waals surface area contributed by atoms with E-state index in [-0.39, 0.29) is 12.3 Å². The second kappa shape index (κ2) is 10.4. The van der Waals surface area contributed by atoms with E-state index in [0.29, 0.717) is 17.1 Å². The van der Waals surface area contributed by atoms with Crippen LogP contribution in [0.25, 0.3) is 11.1 Å². The third-order valence-corrected chi connectivity index (χ3v) is 5.66. The molecule has 176 valence electrons. The van der Waals surface area contributed by atoms with Crippen LogP contribution in [0.4, 0.5) is 0 Å². The van der Waals surface area contributed by atoms with Crippen molar-refractivity contribution in [1.29, 1.82) is 0 Å². The Morgan fingerprint density at radius 3 is 2.18 bits per heavy atom. The normalized spacial score (nSPS) is 20.7. The van der Waals surface area contributed by atoms with E-state index in [0.717, 1.165) is 16.7 Å². The molecule has 2 aromatic carbocycles. The van der Waals surface area contributed by atoms with E-state index < -0.39 is 30.0 Å². The molecule has 1 heterocycles. The lowest BCUT2D eigenvalue weighted by molar-refractivity contribution is -0.145. The molecule has 2 amide bonds. The number of ether oxygens (including phenoxy) is 3. The lowest BCUT2D eigenvalue weighted by Gasteiger charge is -2.24. The third kappa shape index (κ3) is 5.09. The molecular formula is C24H29N3O6. The Bertz CT molecular complexity index is 1050. The molecule has 3 N–H and O–H groups in total. The standard InChI is InChI=1S/C24H29N3O6/c1-13-22(28)27-18(24(30)33-5)11-14-6-8-19(31-3)16(10-14)17-12-15(7-9-20(17)32-4)21(25-2)23(29)26-13/h6-10,12-13,18,21,25H,11H2,1-5H3,(H,26,29)(H,27,28)/t13-,18-,21-/m0/s1. The topological polar surface area (TPSA) is 115 Å². The first-order valence-electron chi connectivity index (χ1n) is 10.5. The molecular weight excluding hydrogens is 426 g/mol. The van der Waals surface area contributed by atoms with E-state index >= 15 is 0 Å². The summed E-state index contributed by atoms with van der Waals surface area (Å²) in [5.74, 6) is -0.265. The molecule has 0 aliphatic carbocycles. The van der Waals surface area contributed by atoms with Crippen LogP contribution in [0.5, 0.6) is 11.5 Å². The first-order valence-corrected chi connectivity index (χ1v) is 10.5. The summed E-state index contributed by atoms with van der Waals surface area (Å²) < 4.78 is 16.1.